The van der Waals surface area contributed by atoms with Crippen molar-refractivity contribution in [2.75, 3.05) is 0 Å². The lowest BCUT2D eigenvalue weighted by atomic mass is 10.1. The second-order valence-electron chi connectivity index (χ2n) is 3.89. The van der Waals surface area contributed by atoms with Gasteiger partial charge in [-0.15, -0.1) is 0 Å². The summed E-state index contributed by atoms with van der Waals surface area (Å²) in [5, 5.41) is 9.76. The fourth-order valence-corrected chi connectivity index (χ4v) is 2.33. The summed E-state index contributed by atoms with van der Waals surface area (Å²) in [7, 11) is 0. The molecule has 0 amide bonds. The number of para-hydroxylation sites is 1. The summed E-state index contributed by atoms with van der Waals surface area (Å²) < 4.78 is 7.62. The number of aliphatic hydroxyl groups is 1. The summed E-state index contributed by atoms with van der Waals surface area (Å²) in [6, 6.07) is 13.2. The molecule has 2 aromatic rings. The first-order chi connectivity index (χ1) is 8.58. The molecule has 0 radical (unpaired) electrons. The van der Waals surface area contributed by atoms with Crippen LogP contribution in [0.3, 0.4) is 0 Å². The standard InChI is InChI=1S/C14H12Br2O2/c1-9(17)11-8-10(15)6-7-13(11)18-14-5-3-2-4-12(14)16/h2-9,17H,1H3. The van der Waals surface area contributed by atoms with Gasteiger partial charge in [-0.25, -0.2) is 0 Å². The minimum atomic E-state index is -0.583. The van der Waals surface area contributed by atoms with E-state index in [1.807, 2.05) is 42.5 Å². The molecule has 1 N–H and O–H groups in total. The van der Waals surface area contributed by atoms with Crippen LogP contribution in [0.25, 0.3) is 0 Å². The average molecular weight is 372 g/mol. The highest BCUT2D eigenvalue weighted by Crippen LogP contribution is 2.34. The second kappa shape index (κ2) is 5.87. The largest absolute Gasteiger partial charge is 0.456 e. The van der Waals surface area contributed by atoms with E-state index in [4.69, 9.17) is 4.74 Å². The molecule has 0 aromatic heterocycles. The summed E-state index contributed by atoms with van der Waals surface area (Å²) in [5.41, 5.74) is 0.750. The molecule has 2 nitrogen and oxygen atoms in total. The Bertz CT molecular complexity index is 553. The number of rotatable bonds is 3. The zero-order valence-electron chi connectivity index (χ0n) is 9.73. The molecule has 0 spiro atoms. The third-order valence-electron chi connectivity index (χ3n) is 2.48. The number of halogens is 2. The van der Waals surface area contributed by atoms with Gasteiger partial charge >= 0.3 is 0 Å². The van der Waals surface area contributed by atoms with Gasteiger partial charge in [-0.1, -0.05) is 28.1 Å². The van der Waals surface area contributed by atoms with E-state index >= 15 is 0 Å². The van der Waals surface area contributed by atoms with Crippen molar-refractivity contribution in [1.29, 1.82) is 0 Å². The predicted molar refractivity (Wildman–Crippen MR) is 79.0 cm³/mol. The minimum absolute atomic E-state index is 0.583. The van der Waals surface area contributed by atoms with Gasteiger partial charge in [-0.3, -0.25) is 0 Å². The van der Waals surface area contributed by atoms with E-state index in [0.717, 1.165) is 20.3 Å². The molecule has 0 bridgehead atoms. The Morgan fingerprint density at radius 1 is 1.06 bits per heavy atom. The lowest BCUT2D eigenvalue weighted by molar-refractivity contribution is 0.195. The van der Waals surface area contributed by atoms with Crippen molar-refractivity contribution in [2.45, 2.75) is 13.0 Å². The summed E-state index contributed by atoms with van der Waals surface area (Å²) in [6.45, 7) is 1.72. The van der Waals surface area contributed by atoms with Gasteiger partial charge in [-0.05, 0) is 53.2 Å². The van der Waals surface area contributed by atoms with Crippen LogP contribution in [0.15, 0.2) is 51.4 Å². The Morgan fingerprint density at radius 2 is 1.78 bits per heavy atom. The summed E-state index contributed by atoms with van der Waals surface area (Å²) in [4.78, 5) is 0. The van der Waals surface area contributed by atoms with Gasteiger partial charge in [0.2, 0.25) is 0 Å². The molecule has 0 saturated carbocycles. The van der Waals surface area contributed by atoms with Gasteiger partial charge in [0.1, 0.15) is 11.5 Å². The first-order valence-electron chi connectivity index (χ1n) is 5.48. The summed E-state index contributed by atoms with van der Waals surface area (Å²) in [6.07, 6.45) is -0.583. The smallest absolute Gasteiger partial charge is 0.141 e. The van der Waals surface area contributed by atoms with Crippen molar-refractivity contribution in [3.63, 3.8) is 0 Å². The van der Waals surface area contributed by atoms with E-state index in [0.29, 0.717) is 5.75 Å². The lowest BCUT2D eigenvalue weighted by Gasteiger charge is -2.14. The minimum Gasteiger partial charge on any atom is -0.456 e. The molecule has 0 saturated heterocycles. The fraction of sp³-hybridized carbons (Fsp3) is 0.143. The van der Waals surface area contributed by atoms with E-state index < -0.39 is 6.10 Å². The molecule has 94 valence electrons. The maximum Gasteiger partial charge on any atom is 0.141 e. The number of ether oxygens (including phenoxy) is 1. The van der Waals surface area contributed by atoms with Crippen LogP contribution in [0.2, 0.25) is 0 Å². The van der Waals surface area contributed by atoms with Crippen LogP contribution in [0, 0.1) is 0 Å². The van der Waals surface area contributed by atoms with Crippen LogP contribution in [0.5, 0.6) is 11.5 Å². The molecule has 4 heteroatoms. The van der Waals surface area contributed by atoms with Crippen molar-refractivity contribution in [2.24, 2.45) is 0 Å². The van der Waals surface area contributed by atoms with Gasteiger partial charge in [0.15, 0.2) is 0 Å². The SMILES string of the molecule is CC(O)c1cc(Br)ccc1Oc1ccccc1Br. The molecule has 0 fully saturated rings. The Labute approximate surface area is 123 Å². The molecule has 0 aliphatic carbocycles. The number of benzene rings is 2. The molecule has 18 heavy (non-hydrogen) atoms. The van der Waals surface area contributed by atoms with E-state index in [1.54, 1.807) is 6.92 Å². The van der Waals surface area contributed by atoms with Crippen molar-refractivity contribution in [1.82, 2.24) is 0 Å². The number of hydrogen-bond acceptors (Lipinski definition) is 2. The third kappa shape index (κ3) is 3.13. The normalized spacial score (nSPS) is 12.2. The quantitative estimate of drug-likeness (QED) is 0.817. The van der Waals surface area contributed by atoms with Gasteiger partial charge < -0.3 is 9.84 Å². The monoisotopic (exact) mass is 370 g/mol. The van der Waals surface area contributed by atoms with Crippen molar-refractivity contribution in [3.05, 3.63) is 57.0 Å². The Morgan fingerprint density at radius 3 is 2.44 bits per heavy atom. The Hall–Kier alpha value is -0.840. The Balaban J connectivity index is 2.37. The van der Waals surface area contributed by atoms with E-state index in [1.165, 1.54) is 0 Å². The molecule has 1 atom stereocenters. The van der Waals surface area contributed by atoms with Gasteiger partial charge in [0, 0.05) is 10.0 Å². The zero-order chi connectivity index (χ0) is 13.1. The van der Waals surface area contributed by atoms with Crippen LogP contribution >= 0.6 is 31.9 Å². The first-order valence-corrected chi connectivity index (χ1v) is 7.06. The molecular weight excluding hydrogens is 360 g/mol. The summed E-state index contributed by atoms with van der Waals surface area (Å²) in [5.74, 6) is 1.38. The van der Waals surface area contributed by atoms with Crippen LogP contribution in [-0.4, -0.2) is 5.11 Å². The third-order valence-corrected chi connectivity index (χ3v) is 3.63. The lowest BCUT2D eigenvalue weighted by Crippen LogP contribution is -1.96. The maximum absolute atomic E-state index is 9.76. The van der Waals surface area contributed by atoms with Gasteiger partial charge in [0.25, 0.3) is 0 Å². The predicted octanol–water partition coefficient (Wildman–Crippen LogP) is 5.06. The van der Waals surface area contributed by atoms with Gasteiger partial charge in [0.05, 0.1) is 10.6 Å². The van der Waals surface area contributed by atoms with Crippen LogP contribution in [0.4, 0.5) is 0 Å². The maximum atomic E-state index is 9.76. The molecule has 0 aliphatic rings. The van der Waals surface area contributed by atoms with Crippen molar-refractivity contribution < 1.29 is 9.84 Å². The van der Waals surface area contributed by atoms with Crippen LogP contribution in [0.1, 0.15) is 18.6 Å². The molecule has 2 aromatic carbocycles. The summed E-state index contributed by atoms with van der Waals surface area (Å²) >= 11 is 6.82. The first kappa shape index (κ1) is 13.6. The highest BCUT2D eigenvalue weighted by atomic mass is 79.9. The molecule has 0 heterocycles. The molecule has 0 aliphatic heterocycles. The highest BCUT2D eigenvalue weighted by Gasteiger charge is 2.11. The average Bonchev–Trinajstić information content (AvgIpc) is 2.34. The van der Waals surface area contributed by atoms with Crippen molar-refractivity contribution >= 4 is 31.9 Å². The van der Waals surface area contributed by atoms with Crippen molar-refractivity contribution in [3.8, 4) is 11.5 Å². The topological polar surface area (TPSA) is 29.5 Å². The Kier molecular flexibility index (Phi) is 4.43. The van der Waals surface area contributed by atoms with Crippen LogP contribution < -0.4 is 4.74 Å². The molecule has 2 rings (SSSR count). The molecule has 1 unspecified atom stereocenters. The second-order valence-corrected chi connectivity index (χ2v) is 5.66. The molecular formula is C14H12Br2O2. The number of hydrogen-bond donors (Lipinski definition) is 1. The fourth-order valence-electron chi connectivity index (χ4n) is 1.58. The van der Waals surface area contributed by atoms with Crippen LogP contribution in [-0.2, 0) is 0 Å². The highest BCUT2D eigenvalue weighted by molar-refractivity contribution is 9.10. The van der Waals surface area contributed by atoms with E-state index in [-0.39, 0.29) is 0 Å². The zero-order valence-corrected chi connectivity index (χ0v) is 12.9. The number of aliphatic hydroxyl groups excluding tert-OH is 1. The van der Waals surface area contributed by atoms with E-state index in [2.05, 4.69) is 31.9 Å². The van der Waals surface area contributed by atoms with Gasteiger partial charge in [-0.2, -0.15) is 0 Å². The van der Waals surface area contributed by atoms with E-state index in [9.17, 15) is 5.11 Å².